The predicted octanol–water partition coefficient (Wildman–Crippen LogP) is 2.94. The van der Waals surface area contributed by atoms with E-state index in [-0.39, 0.29) is 11.9 Å². The van der Waals surface area contributed by atoms with Crippen molar-refractivity contribution in [3.05, 3.63) is 42.4 Å². The topological polar surface area (TPSA) is 105 Å². The summed E-state index contributed by atoms with van der Waals surface area (Å²) in [6.45, 7) is 1.20. The molecule has 2 atom stereocenters. The molecule has 0 bridgehead atoms. The first-order valence-electron chi connectivity index (χ1n) is 10.0. The monoisotopic (exact) mass is 400 g/mol. The number of nitrogens with zero attached hydrogens (tertiary/aromatic N) is 1. The minimum Gasteiger partial charge on any atom is -0.453 e. The Morgan fingerprint density at radius 1 is 1.17 bits per heavy atom. The summed E-state index contributed by atoms with van der Waals surface area (Å²) in [6.07, 6.45) is 4.96. The third-order valence-electron chi connectivity index (χ3n) is 4.95. The van der Waals surface area contributed by atoms with E-state index in [1.165, 1.54) is 7.11 Å². The van der Waals surface area contributed by atoms with Gasteiger partial charge < -0.3 is 25.1 Å². The largest absolute Gasteiger partial charge is 0.453 e. The molecular formula is C21H28N4O4. The van der Waals surface area contributed by atoms with Crippen molar-refractivity contribution in [3.8, 4) is 11.3 Å². The minimum atomic E-state index is -0.645. The van der Waals surface area contributed by atoms with Crippen molar-refractivity contribution >= 4 is 12.0 Å². The Labute approximate surface area is 170 Å². The molecule has 3 rings (SSSR count). The van der Waals surface area contributed by atoms with Crippen molar-refractivity contribution in [2.45, 2.75) is 44.2 Å². The first-order valence-corrected chi connectivity index (χ1v) is 10.0. The second-order valence-corrected chi connectivity index (χ2v) is 7.05. The molecule has 2 heterocycles. The fraction of sp³-hybridized carbons (Fsp3) is 0.476. The number of carbonyl (C=O) groups is 2. The van der Waals surface area contributed by atoms with Crippen LogP contribution in [0.15, 0.2) is 36.5 Å². The molecule has 29 heavy (non-hydrogen) atoms. The van der Waals surface area contributed by atoms with Gasteiger partial charge in [0.1, 0.15) is 11.9 Å². The normalized spacial score (nSPS) is 21.3. The number of imidazole rings is 1. The van der Waals surface area contributed by atoms with Gasteiger partial charge in [-0.1, -0.05) is 43.2 Å². The van der Waals surface area contributed by atoms with Gasteiger partial charge in [0.25, 0.3) is 0 Å². The summed E-state index contributed by atoms with van der Waals surface area (Å²) in [5, 5.41) is 5.65. The number of rotatable bonds is 3. The third-order valence-corrected chi connectivity index (χ3v) is 4.95. The van der Waals surface area contributed by atoms with Crippen molar-refractivity contribution in [3.63, 3.8) is 0 Å². The Kier molecular flexibility index (Phi) is 7.63. The standard InChI is InChI=1S/C21H28N4O4/c1-28-21(27)25-17-10-6-3-7-12-29-13-11-16(24-20(17)26)19-22-14-18(23-19)15-8-4-2-5-9-15/h2,4-5,8-9,14,16-17H,3,6-7,10-13H2,1H3,(H,22,23)(H,24,26)(H,25,27)/t16-,17-/m0/s1. The van der Waals surface area contributed by atoms with Crippen LogP contribution in [0.25, 0.3) is 11.3 Å². The van der Waals surface area contributed by atoms with Crippen LogP contribution in [0.3, 0.4) is 0 Å². The molecule has 1 saturated heterocycles. The van der Waals surface area contributed by atoms with E-state index in [2.05, 4.69) is 25.3 Å². The fourth-order valence-corrected chi connectivity index (χ4v) is 3.33. The molecule has 0 unspecified atom stereocenters. The molecule has 1 aromatic heterocycles. The first-order chi connectivity index (χ1) is 14.2. The molecule has 2 aromatic rings. The highest BCUT2D eigenvalue weighted by molar-refractivity contribution is 5.85. The maximum absolute atomic E-state index is 12.9. The maximum atomic E-state index is 12.9. The molecule has 0 aliphatic carbocycles. The van der Waals surface area contributed by atoms with Crippen LogP contribution in [0, 0.1) is 0 Å². The Balaban J connectivity index is 1.76. The molecule has 1 fully saturated rings. The van der Waals surface area contributed by atoms with Gasteiger partial charge in [-0.25, -0.2) is 9.78 Å². The molecule has 0 spiro atoms. The zero-order valence-corrected chi connectivity index (χ0v) is 16.6. The summed E-state index contributed by atoms with van der Waals surface area (Å²) < 4.78 is 10.4. The molecule has 1 aliphatic rings. The van der Waals surface area contributed by atoms with Crippen LogP contribution in [0.2, 0.25) is 0 Å². The second-order valence-electron chi connectivity index (χ2n) is 7.05. The summed E-state index contributed by atoms with van der Waals surface area (Å²) in [7, 11) is 1.29. The lowest BCUT2D eigenvalue weighted by atomic mass is 10.1. The fourth-order valence-electron chi connectivity index (χ4n) is 3.33. The van der Waals surface area contributed by atoms with Crippen molar-refractivity contribution in [1.82, 2.24) is 20.6 Å². The number of H-pyrrole nitrogens is 1. The number of carbonyl (C=O) groups excluding carboxylic acids is 2. The summed E-state index contributed by atoms with van der Waals surface area (Å²) in [6, 6.07) is 8.89. The molecule has 1 aromatic carbocycles. The number of hydrogen-bond donors (Lipinski definition) is 3. The highest BCUT2D eigenvalue weighted by Crippen LogP contribution is 2.21. The number of nitrogens with one attached hydrogen (secondary N) is 3. The van der Waals surface area contributed by atoms with Crippen LogP contribution < -0.4 is 10.6 Å². The molecular weight excluding hydrogens is 372 g/mol. The van der Waals surface area contributed by atoms with Gasteiger partial charge in [-0.15, -0.1) is 0 Å². The minimum absolute atomic E-state index is 0.251. The molecule has 3 N–H and O–H groups in total. The molecule has 156 valence electrons. The lowest BCUT2D eigenvalue weighted by Gasteiger charge is -2.23. The number of amides is 2. The van der Waals surface area contributed by atoms with Crippen LogP contribution in [-0.2, 0) is 14.3 Å². The average Bonchev–Trinajstić information content (AvgIpc) is 3.23. The van der Waals surface area contributed by atoms with Crippen LogP contribution in [0.5, 0.6) is 0 Å². The predicted molar refractivity (Wildman–Crippen MR) is 108 cm³/mol. The number of hydrogen-bond acceptors (Lipinski definition) is 5. The number of ether oxygens (including phenoxy) is 2. The highest BCUT2D eigenvalue weighted by Gasteiger charge is 2.26. The Bertz CT molecular complexity index is 793. The molecule has 1 aliphatic heterocycles. The maximum Gasteiger partial charge on any atom is 0.407 e. The molecule has 8 heteroatoms. The molecule has 2 amide bonds. The number of methoxy groups -OCH3 is 1. The van der Waals surface area contributed by atoms with Crippen LogP contribution in [0.1, 0.15) is 44.0 Å². The van der Waals surface area contributed by atoms with Crippen molar-refractivity contribution < 1.29 is 19.1 Å². The SMILES string of the molecule is COC(=O)N[C@H]1CCCCCOCC[C@@H](c2ncc(-c3ccccc3)[nH]2)NC1=O. The van der Waals surface area contributed by atoms with Crippen LogP contribution in [-0.4, -0.2) is 48.3 Å². The zero-order chi connectivity index (χ0) is 20.5. The van der Waals surface area contributed by atoms with Crippen LogP contribution >= 0.6 is 0 Å². The van der Waals surface area contributed by atoms with E-state index in [0.29, 0.717) is 31.9 Å². The van der Waals surface area contributed by atoms with Gasteiger partial charge in [-0.3, -0.25) is 4.79 Å². The smallest absolute Gasteiger partial charge is 0.407 e. The Morgan fingerprint density at radius 3 is 2.79 bits per heavy atom. The van der Waals surface area contributed by atoms with Crippen molar-refractivity contribution in [2.24, 2.45) is 0 Å². The number of aromatic amines is 1. The van der Waals surface area contributed by atoms with Gasteiger partial charge in [-0.05, 0) is 24.8 Å². The third kappa shape index (κ3) is 6.05. The van der Waals surface area contributed by atoms with Gasteiger partial charge in [0.2, 0.25) is 5.91 Å². The van der Waals surface area contributed by atoms with E-state index in [1.54, 1.807) is 6.20 Å². The lowest BCUT2D eigenvalue weighted by Crippen LogP contribution is -2.48. The van der Waals surface area contributed by atoms with E-state index < -0.39 is 12.1 Å². The first kappa shape index (κ1) is 20.9. The van der Waals surface area contributed by atoms with E-state index in [4.69, 9.17) is 4.74 Å². The second kappa shape index (κ2) is 10.6. The Hall–Kier alpha value is -2.87. The van der Waals surface area contributed by atoms with E-state index in [0.717, 1.165) is 30.5 Å². The summed E-state index contributed by atoms with van der Waals surface area (Å²) >= 11 is 0. The van der Waals surface area contributed by atoms with Gasteiger partial charge >= 0.3 is 6.09 Å². The summed E-state index contributed by atoms with van der Waals surface area (Å²) in [5.41, 5.74) is 1.90. The lowest BCUT2D eigenvalue weighted by molar-refractivity contribution is -0.124. The van der Waals surface area contributed by atoms with E-state index >= 15 is 0 Å². The van der Waals surface area contributed by atoms with Gasteiger partial charge in [-0.2, -0.15) is 0 Å². The van der Waals surface area contributed by atoms with E-state index in [9.17, 15) is 9.59 Å². The Morgan fingerprint density at radius 2 is 2.00 bits per heavy atom. The number of alkyl carbamates (subject to hydrolysis) is 1. The summed E-state index contributed by atoms with van der Waals surface area (Å²) in [5.74, 6) is 0.410. The number of aromatic nitrogens is 2. The van der Waals surface area contributed by atoms with Gasteiger partial charge in [0.05, 0.1) is 25.0 Å². The zero-order valence-electron chi connectivity index (χ0n) is 16.6. The van der Waals surface area contributed by atoms with Crippen molar-refractivity contribution in [1.29, 1.82) is 0 Å². The van der Waals surface area contributed by atoms with Gasteiger partial charge in [0.15, 0.2) is 0 Å². The van der Waals surface area contributed by atoms with Crippen LogP contribution in [0.4, 0.5) is 4.79 Å². The number of benzene rings is 1. The molecule has 0 radical (unpaired) electrons. The molecule has 0 saturated carbocycles. The van der Waals surface area contributed by atoms with E-state index in [1.807, 2.05) is 30.3 Å². The average molecular weight is 400 g/mol. The molecule has 8 nitrogen and oxygen atoms in total. The summed E-state index contributed by atoms with van der Waals surface area (Å²) in [4.78, 5) is 32.3. The highest BCUT2D eigenvalue weighted by atomic mass is 16.5. The van der Waals surface area contributed by atoms with Crippen molar-refractivity contribution in [2.75, 3.05) is 20.3 Å². The van der Waals surface area contributed by atoms with Gasteiger partial charge in [0, 0.05) is 13.2 Å². The quantitative estimate of drug-likeness (QED) is 0.735.